The Kier molecular flexibility index (Phi) is 4.19. The molecule has 1 amide bonds. The summed E-state index contributed by atoms with van der Waals surface area (Å²) >= 11 is 1.09. The van der Waals surface area contributed by atoms with E-state index in [4.69, 9.17) is 5.73 Å². The average molecular weight is 345 g/mol. The number of hydrogen-bond acceptors (Lipinski definition) is 4. The third-order valence-corrected chi connectivity index (χ3v) is 5.09. The van der Waals surface area contributed by atoms with Crippen LogP contribution in [0.15, 0.2) is 29.1 Å². The Morgan fingerprint density at radius 2 is 1.96 bits per heavy atom. The molecule has 0 atom stereocenters. The maximum Gasteiger partial charge on any atom is 0.262 e. The van der Waals surface area contributed by atoms with Gasteiger partial charge in [-0.25, -0.2) is 9.37 Å². The Bertz CT molecular complexity index is 990. The van der Waals surface area contributed by atoms with Crippen LogP contribution in [0.2, 0.25) is 0 Å². The van der Waals surface area contributed by atoms with Gasteiger partial charge in [-0.15, -0.1) is 11.3 Å². The molecule has 5 nitrogen and oxygen atoms in total. The number of benzene rings is 1. The first-order chi connectivity index (χ1) is 11.4. The van der Waals surface area contributed by atoms with E-state index in [0.717, 1.165) is 22.5 Å². The van der Waals surface area contributed by atoms with Crippen LogP contribution >= 0.6 is 11.3 Å². The van der Waals surface area contributed by atoms with Gasteiger partial charge in [0.2, 0.25) is 0 Å². The molecule has 0 unspecified atom stereocenters. The molecule has 0 spiro atoms. The van der Waals surface area contributed by atoms with Gasteiger partial charge in [-0.05, 0) is 19.4 Å². The molecule has 2 heterocycles. The lowest BCUT2D eigenvalue weighted by Crippen LogP contribution is -2.24. The van der Waals surface area contributed by atoms with E-state index in [1.54, 1.807) is 6.92 Å². The van der Waals surface area contributed by atoms with E-state index >= 15 is 0 Å². The van der Waals surface area contributed by atoms with Crippen molar-refractivity contribution in [3.8, 4) is 11.4 Å². The number of alkyl halides is 1. The molecule has 0 fully saturated rings. The minimum atomic E-state index is -0.683. The minimum absolute atomic E-state index is 0.0911. The first-order valence-corrected chi connectivity index (χ1v) is 8.22. The van der Waals surface area contributed by atoms with Crippen molar-refractivity contribution in [3.05, 3.63) is 50.6 Å². The van der Waals surface area contributed by atoms with Crippen molar-refractivity contribution >= 4 is 27.5 Å². The fraction of sp³-hybridized carbons (Fsp3) is 0.235. The third-order valence-electron chi connectivity index (χ3n) is 3.89. The summed E-state index contributed by atoms with van der Waals surface area (Å²) in [4.78, 5) is 29.7. The van der Waals surface area contributed by atoms with E-state index in [9.17, 15) is 14.0 Å². The highest BCUT2D eigenvalue weighted by molar-refractivity contribution is 7.20. The SMILES string of the molecule is Cc1ccc(-c2nc3sc(C(N)=O)c(C)c3c(=O)n2CCF)cc1. The molecule has 0 aliphatic rings. The lowest BCUT2D eigenvalue weighted by atomic mass is 10.1. The number of hydrogen-bond donors (Lipinski definition) is 1. The molecule has 0 radical (unpaired) electrons. The third kappa shape index (κ3) is 2.60. The smallest absolute Gasteiger partial charge is 0.262 e. The zero-order valence-electron chi connectivity index (χ0n) is 13.3. The van der Waals surface area contributed by atoms with Gasteiger partial charge >= 0.3 is 0 Å². The van der Waals surface area contributed by atoms with Gasteiger partial charge in [0.25, 0.3) is 11.5 Å². The second-order valence-corrected chi connectivity index (χ2v) is 6.55. The fourth-order valence-electron chi connectivity index (χ4n) is 2.67. The molecule has 0 saturated heterocycles. The van der Waals surface area contributed by atoms with Crippen LogP contribution in [0, 0.1) is 13.8 Å². The summed E-state index contributed by atoms with van der Waals surface area (Å²) in [7, 11) is 0. The fourth-order valence-corrected chi connectivity index (χ4v) is 3.69. The van der Waals surface area contributed by atoms with Crippen LogP contribution in [0.5, 0.6) is 0 Å². The van der Waals surface area contributed by atoms with Gasteiger partial charge in [-0.3, -0.25) is 14.2 Å². The first-order valence-electron chi connectivity index (χ1n) is 7.40. The van der Waals surface area contributed by atoms with E-state index in [1.807, 2.05) is 31.2 Å². The maximum absolute atomic E-state index is 13.0. The number of fused-ring (bicyclic) bond motifs is 1. The molecule has 24 heavy (non-hydrogen) atoms. The molecular weight excluding hydrogens is 329 g/mol. The van der Waals surface area contributed by atoms with Crippen molar-refractivity contribution in [2.24, 2.45) is 5.73 Å². The summed E-state index contributed by atoms with van der Waals surface area (Å²) in [6.45, 7) is 2.84. The normalized spacial score (nSPS) is 11.1. The van der Waals surface area contributed by atoms with Crippen molar-refractivity contribution in [1.82, 2.24) is 9.55 Å². The summed E-state index contributed by atoms with van der Waals surface area (Å²) in [5, 5.41) is 0.332. The van der Waals surface area contributed by atoms with Gasteiger partial charge in [0.15, 0.2) is 0 Å². The number of nitrogens with zero attached hydrogens (tertiary/aromatic N) is 2. The van der Waals surface area contributed by atoms with E-state index in [0.29, 0.717) is 26.5 Å². The van der Waals surface area contributed by atoms with Crippen LogP contribution in [0.1, 0.15) is 20.8 Å². The van der Waals surface area contributed by atoms with Gasteiger partial charge in [0.05, 0.1) is 16.8 Å². The Morgan fingerprint density at radius 1 is 1.29 bits per heavy atom. The molecular formula is C17H16FN3O2S. The van der Waals surface area contributed by atoms with Crippen LogP contribution in [-0.2, 0) is 6.54 Å². The number of carbonyl (C=O) groups excluding carboxylic acids is 1. The van der Waals surface area contributed by atoms with Crippen molar-refractivity contribution in [2.45, 2.75) is 20.4 Å². The Morgan fingerprint density at radius 3 is 2.54 bits per heavy atom. The molecule has 124 valence electrons. The second kappa shape index (κ2) is 6.16. The van der Waals surface area contributed by atoms with E-state index in [2.05, 4.69) is 4.98 Å². The lowest BCUT2D eigenvalue weighted by molar-refractivity contribution is 0.100. The number of aromatic nitrogens is 2. The van der Waals surface area contributed by atoms with Gasteiger partial charge in [-0.1, -0.05) is 29.8 Å². The summed E-state index contributed by atoms with van der Waals surface area (Å²) in [5.74, 6) is -0.203. The predicted octanol–water partition coefficient (Wildman–Crippen LogP) is 2.81. The number of rotatable bonds is 4. The molecule has 2 N–H and O–H groups in total. The topological polar surface area (TPSA) is 78.0 Å². The Labute approximate surface area is 141 Å². The number of primary amides is 1. The molecule has 2 aromatic heterocycles. The molecule has 0 saturated carbocycles. The minimum Gasteiger partial charge on any atom is -0.365 e. The zero-order chi connectivity index (χ0) is 17.4. The van der Waals surface area contributed by atoms with E-state index in [-0.39, 0.29) is 12.1 Å². The number of aryl methyl sites for hydroxylation is 2. The first kappa shape index (κ1) is 16.3. The number of carbonyl (C=O) groups is 1. The van der Waals surface area contributed by atoms with Gasteiger partial charge in [0.1, 0.15) is 17.3 Å². The standard InChI is InChI=1S/C17H16FN3O2S/c1-9-3-5-11(6-4-9)15-20-16-12(17(23)21(15)8-7-18)10(2)13(24-16)14(19)22/h3-6H,7-8H2,1-2H3,(H2,19,22). The highest BCUT2D eigenvalue weighted by Crippen LogP contribution is 2.29. The summed E-state index contributed by atoms with van der Waals surface area (Å²) in [6, 6.07) is 7.49. The number of halogens is 1. The van der Waals surface area contributed by atoms with Gasteiger partial charge < -0.3 is 5.73 Å². The van der Waals surface area contributed by atoms with Gasteiger partial charge in [0, 0.05) is 5.56 Å². The second-order valence-electron chi connectivity index (χ2n) is 5.55. The summed E-state index contributed by atoms with van der Waals surface area (Å²) < 4.78 is 14.3. The lowest BCUT2D eigenvalue weighted by Gasteiger charge is -2.11. The number of thiophene rings is 1. The van der Waals surface area contributed by atoms with Crippen molar-refractivity contribution in [2.75, 3.05) is 6.67 Å². The van der Waals surface area contributed by atoms with Crippen LogP contribution in [0.25, 0.3) is 21.6 Å². The Hall–Kier alpha value is -2.54. The number of nitrogens with two attached hydrogens (primary N) is 1. The molecule has 0 aliphatic carbocycles. The summed E-state index contributed by atoms with van der Waals surface area (Å²) in [6.07, 6.45) is 0. The molecule has 1 aromatic carbocycles. The zero-order valence-corrected chi connectivity index (χ0v) is 14.1. The molecule has 0 aliphatic heterocycles. The van der Waals surface area contributed by atoms with Crippen LogP contribution in [0.3, 0.4) is 0 Å². The molecule has 3 rings (SSSR count). The van der Waals surface area contributed by atoms with Crippen molar-refractivity contribution in [3.63, 3.8) is 0 Å². The highest BCUT2D eigenvalue weighted by atomic mass is 32.1. The van der Waals surface area contributed by atoms with Crippen LogP contribution < -0.4 is 11.3 Å². The monoisotopic (exact) mass is 345 g/mol. The maximum atomic E-state index is 13.0. The Balaban J connectivity index is 2.36. The van der Waals surface area contributed by atoms with Crippen molar-refractivity contribution < 1.29 is 9.18 Å². The molecule has 7 heteroatoms. The predicted molar refractivity (Wildman–Crippen MR) is 93.3 cm³/mol. The van der Waals surface area contributed by atoms with Gasteiger partial charge in [-0.2, -0.15) is 0 Å². The number of amides is 1. The van der Waals surface area contributed by atoms with E-state index < -0.39 is 12.6 Å². The van der Waals surface area contributed by atoms with Crippen LogP contribution in [0.4, 0.5) is 4.39 Å². The quantitative estimate of drug-likeness (QED) is 0.790. The molecule has 3 aromatic rings. The summed E-state index contributed by atoms with van der Waals surface area (Å²) in [5.41, 5.74) is 7.31. The van der Waals surface area contributed by atoms with Crippen LogP contribution in [-0.4, -0.2) is 22.1 Å². The molecule has 0 bridgehead atoms. The highest BCUT2D eigenvalue weighted by Gasteiger charge is 2.20. The van der Waals surface area contributed by atoms with Crippen molar-refractivity contribution in [1.29, 1.82) is 0 Å². The average Bonchev–Trinajstić information content (AvgIpc) is 2.88. The van der Waals surface area contributed by atoms with E-state index in [1.165, 1.54) is 4.57 Å². The largest absolute Gasteiger partial charge is 0.365 e.